The van der Waals surface area contributed by atoms with Gasteiger partial charge < -0.3 is 4.74 Å². The second-order valence-electron chi connectivity index (χ2n) is 4.87. The lowest BCUT2D eigenvalue weighted by Crippen LogP contribution is -2.00. The van der Waals surface area contributed by atoms with Gasteiger partial charge in [0.05, 0.1) is 9.40 Å². The van der Waals surface area contributed by atoms with E-state index < -0.39 is 4.92 Å². The Bertz CT molecular complexity index is 825. The van der Waals surface area contributed by atoms with Crippen molar-refractivity contribution in [1.29, 1.82) is 0 Å². The van der Waals surface area contributed by atoms with Crippen LogP contribution in [0.3, 0.4) is 0 Å². The summed E-state index contributed by atoms with van der Waals surface area (Å²) in [5.41, 5.74) is 1.35. The summed E-state index contributed by atoms with van der Waals surface area (Å²) in [6.45, 7) is 1.63. The van der Waals surface area contributed by atoms with E-state index >= 15 is 0 Å². The van der Waals surface area contributed by atoms with Gasteiger partial charge >= 0.3 is 0 Å². The largest absolute Gasteiger partial charge is 0.487 e. The molecule has 0 aliphatic rings. The number of hydrogen-bond donors (Lipinski definition) is 0. The highest BCUT2D eigenvalue weighted by Crippen LogP contribution is 2.35. The fourth-order valence-electron chi connectivity index (χ4n) is 1.91. The van der Waals surface area contributed by atoms with Crippen LogP contribution in [0.4, 0.5) is 0 Å². The first-order valence-corrected chi connectivity index (χ1v) is 9.00. The van der Waals surface area contributed by atoms with Gasteiger partial charge in [-0.15, -0.1) is 0 Å². The number of nitro groups is 1. The van der Waals surface area contributed by atoms with Gasteiger partial charge in [-0.05, 0) is 40.2 Å². The fraction of sp³-hybridized carbons (Fsp3) is 0.125. The summed E-state index contributed by atoms with van der Waals surface area (Å²) in [4.78, 5) is 10.4. The molecule has 8 heteroatoms. The number of ether oxygens (including phenoxy) is 1. The van der Waals surface area contributed by atoms with Crippen LogP contribution in [0.25, 0.3) is 6.08 Å². The third-order valence-corrected chi connectivity index (χ3v) is 4.71. The molecule has 2 rings (SSSR count). The molecule has 2 aromatic rings. The van der Waals surface area contributed by atoms with E-state index in [4.69, 9.17) is 27.9 Å². The smallest absolute Gasteiger partial charge is 0.243 e. The highest BCUT2D eigenvalue weighted by molar-refractivity contribution is 9.11. The van der Waals surface area contributed by atoms with Crippen molar-refractivity contribution in [3.8, 4) is 5.75 Å². The predicted octanol–water partition coefficient (Wildman–Crippen LogP) is 6.73. The molecule has 4 nitrogen and oxygen atoms in total. The minimum Gasteiger partial charge on any atom is -0.487 e. The molecule has 0 amide bonds. The van der Waals surface area contributed by atoms with Crippen LogP contribution in [0.1, 0.15) is 18.1 Å². The van der Waals surface area contributed by atoms with Crippen LogP contribution < -0.4 is 4.74 Å². The number of allylic oxidation sites excluding steroid dienone is 1. The van der Waals surface area contributed by atoms with Crippen molar-refractivity contribution in [2.45, 2.75) is 13.5 Å². The van der Waals surface area contributed by atoms with E-state index in [1.807, 2.05) is 0 Å². The first-order chi connectivity index (χ1) is 11.3. The summed E-state index contributed by atoms with van der Waals surface area (Å²) >= 11 is 18.8. The lowest BCUT2D eigenvalue weighted by atomic mass is 10.1. The van der Waals surface area contributed by atoms with Crippen LogP contribution in [-0.4, -0.2) is 4.92 Å². The Balaban J connectivity index is 2.35. The molecule has 0 radical (unpaired) electrons. The molecule has 0 saturated heterocycles. The number of hydrogen-bond acceptors (Lipinski definition) is 3. The quantitative estimate of drug-likeness (QED) is 0.341. The Kier molecular flexibility index (Phi) is 6.69. The SMILES string of the molecule is C/C(=C\c1cc(Br)cc(Br)c1OCc1ccc(Cl)cc1Cl)[N+](=O)[O-]. The zero-order valence-corrected chi connectivity index (χ0v) is 17.0. The Hall–Kier alpha value is -1.08. The van der Waals surface area contributed by atoms with Gasteiger partial charge in [-0.25, -0.2) is 0 Å². The summed E-state index contributed by atoms with van der Waals surface area (Å²) in [5, 5.41) is 11.9. The molecular formula is C16H11Br2Cl2NO3. The average Bonchev–Trinajstić information content (AvgIpc) is 2.47. The Morgan fingerprint density at radius 3 is 2.62 bits per heavy atom. The summed E-state index contributed by atoms with van der Waals surface area (Å²) in [5.74, 6) is 0.491. The Morgan fingerprint density at radius 2 is 2.00 bits per heavy atom. The summed E-state index contributed by atoms with van der Waals surface area (Å²) in [6.07, 6.45) is 1.45. The monoisotopic (exact) mass is 493 g/mol. The van der Waals surface area contributed by atoms with Crippen molar-refractivity contribution in [1.82, 2.24) is 0 Å². The highest BCUT2D eigenvalue weighted by Gasteiger charge is 2.13. The maximum Gasteiger partial charge on any atom is 0.243 e. The lowest BCUT2D eigenvalue weighted by Gasteiger charge is -2.13. The van der Waals surface area contributed by atoms with Gasteiger partial charge in [-0.2, -0.15) is 0 Å². The van der Waals surface area contributed by atoms with E-state index in [0.29, 0.717) is 25.8 Å². The third kappa shape index (κ3) is 4.96. The second-order valence-corrected chi connectivity index (χ2v) is 7.49. The molecular weight excluding hydrogens is 485 g/mol. The van der Waals surface area contributed by atoms with Gasteiger partial charge in [0, 0.05) is 38.6 Å². The van der Waals surface area contributed by atoms with Gasteiger partial charge in [0.1, 0.15) is 12.4 Å². The zero-order valence-electron chi connectivity index (χ0n) is 12.4. The lowest BCUT2D eigenvalue weighted by molar-refractivity contribution is -0.422. The third-order valence-electron chi connectivity index (χ3n) is 3.08. The van der Waals surface area contributed by atoms with Crippen molar-refractivity contribution >= 4 is 61.1 Å². The number of benzene rings is 2. The minimum atomic E-state index is -0.450. The molecule has 0 bridgehead atoms. The van der Waals surface area contributed by atoms with E-state index in [-0.39, 0.29) is 12.3 Å². The van der Waals surface area contributed by atoms with E-state index in [9.17, 15) is 10.1 Å². The van der Waals surface area contributed by atoms with Crippen LogP contribution in [-0.2, 0) is 6.61 Å². The molecule has 0 atom stereocenters. The van der Waals surface area contributed by atoms with Crippen molar-refractivity contribution in [2.75, 3.05) is 0 Å². The van der Waals surface area contributed by atoms with Crippen molar-refractivity contribution in [2.24, 2.45) is 0 Å². The molecule has 0 saturated carbocycles. The normalized spacial score (nSPS) is 11.5. The van der Waals surface area contributed by atoms with E-state index in [1.165, 1.54) is 13.0 Å². The molecule has 0 aliphatic carbocycles. The van der Waals surface area contributed by atoms with Gasteiger partial charge in [0.2, 0.25) is 5.70 Å². The maximum atomic E-state index is 10.9. The molecule has 126 valence electrons. The van der Waals surface area contributed by atoms with Gasteiger partial charge in [0.25, 0.3) is 0 Å². The van der Waals surface area contributed by atoms with Gasteiger partial charge in [-0.3, -0.25) is 10.1 Å². The molecule has 0 heterocycles. The molecule has 0 aromatic heterocycles. The van der Waals surface area contributed by atoms with E-state index in [1.54, 1.807) is 30.3 Å². The summed E-state index contributed by atoms with van der Waals surface area (Å²) in [6, 6.07) is 8.68. The zero-order chi connectivity index (χ0) is 17.9. The average molecular weight is 496 g/mol. The van der Waals surface area contributed by atoms with Crippen molar-refractivity contribution < 1.29 is 9.66 Å². The molecule has 24 heavy (non-hydrogen) atoms. The Morgan fingerprint density at radius 1 is 1.29 bits per heavy atom. The van der Waals surface area contributed by atoms with Crippen molar-refractivity contribution in [3.63, 3.8) is 0 Å². The number of rotatable bonds is 5. The van der Waals surface area contributed by atoms with Crippen LogP contribution in [0, 0.1) is 10.1 Å². The fourth-order valence-corrected chi connectivity index (χ4v) is 3.74. The predicted molar refractivity (Wildman–Crippen MR) is 103 cm³/mol. The van der Waals surface area contributed by atoms with Crippen LogP contribution >= 0.6 is 55.1 Å². The van der Waals surface area contributed by atoms with Crippen molar-refractivity contribution in [3.05, 3.63) is 76.3 Å². The highest BCUT2D eigenvalue weighted by atomic mass is 79.9. The first kappa shape index (κ1) is 19.2. The van der Waals surface area contributed by atoms with Gasteiger partial charge in [-0.1, -0.05) is 45.2 Å². The summed E-state index contributed by atoms with van der Waals surface area (Å²) in [7, 11) is 0. The van der Waals surface area contributed by atoms with E-state index in [0.717, 1.165) is 10.0 Å². The molecule has 0 N–H and O–H groups in total. The Labute approximate surface area is 165 Å². The van der Waals surface area contributed by atoms with E-state index in [2.05, 4.69) is 31.9 Å². The molecule has 2 aromatic carbocycles. The van der Waals surface area contributed by atoms with Crippen LogP contribution in [0.5, 0.6) is 5.75 Å². The second kappa shape index (κ2) is 8.34. The van der Waals surface area contributed by atoms with Crippen LogP contribution in [0.2, 0.25) is 10.0 Å². The molecule has 0 unspecified atom stereocenters. The standard InChI is InChI=1S/C16H11Br2Cl2NO3/c1-9(21(22)23)4-11-5-12(17)6-14(18)16(11)24-8-10-2-3-13(19)7-15(10)20/h2-7H,8H2,1H3/b9-4+. The first-order valence-electron chi connectivity index (χ1n) is 6.66. The van der Waals surface area contributed by atoms with Gasteiger partial charge in [0.15, 0.2) is 0 Å². The number of nitrogens with zero attached hydrogens (tertiary/aromatic N) is 1. The molecule has 0 fully saturated rings. The number of halogens is 4. The van der Waals surface area contributed by atoms with Crippen LogP contribution in [0.15, 0.2) is 45.0 Å². The molecule has 0 spiro atoms. The topological polar surface area (TPSA) is 52.4 Å². The minimum absolute atomic E-state index is 0.00868. The summed E-state index contributed by atoms with van der Waals surface area (Å²) < 4.78 is 7.29. The molecule has 0 aliphatic heterocycles. The maximum absolute atomic E-state index is 10.9.